The molecule has 9 heteroatoms. The van der Waals surface area contributed by atoms with Crippen LogP contribution in [0.15, 0.2) is 12.3 Å². The van der Waals surface area contributed by atoms with Crippen LogP contribution in [-0.2, 0) is 9.57 Å². The van der Waals surface area contributed by atoms with Crippen LogP contribution in [0.3, 0.4) is 0 Å². The summed E-state index contributed by atoms with van der Waals surface area (Å²) in [6, 6.07) is 0. The van der Waals surface area contributed by atoms with Crippen LogP contribution < -0.4 is 11.0 Å². The minimum atomic E-state index is -0.588. The molecule has 0 radical (unpaired) electrons. The molecule has 0 saturated heterocycles. The summed E-state index contributed by atoms with van der Waals surface area (Å²) in [6.07, 6.45) is 1.02. The normalized spacial score (nSPS) is 12.0. The second kappa shape index (κ2) is 17.2. The third kappa shape index (κ3) is 14.8. The highest BCUT2D eigenvalue weighted by molar-refractivity contribution is 6.18. The Morgan fingerprint density at radius 2 is 2.09 bits per heavy atom. The molecule has 0 aliphatic carbocycles. The average Bonchev–Trinajstić information content (AvgIpc) is 2.48. The van der Waals surface area contributed by atoms with Crippen molar-refractivity contribution in [2.24, 2.45) is 0 Å². The number of nitrogens with one attached hydrogen (secondary N) is 2. The number of nitrogens with zero attached hydrogens (tertiary/aromatic N) is 1. The van der Waals surface area contributed by atoms with Crippen LogP contribution in [0.1, 0.15) is 14.3 Å². The summed E-state index contributed by atoms with van der Waals surface area (Å²) in [5, 5.41) is 18.2. The van der Waals surface area contributed by atoms with Gasteiger partial charge in [-0.15, -0.1) is 24.0 Å². The Bertz CT molecular complexity index is 269. The molecule has 0 aromatic heterocycles. The molecule has 0 rings (SSSR count). The molecule has 0 bridgehead atoms. The second-order valence-electron chi connectivity index (χ2n) is 4.65. The van der Waals surface area contributed by atoms with Crippen LogP contribution in [0.5, 0.6) is 0 Å². The van der Waals surface area contributed by atoms with Crippen LogP contribution in [0.2, 0.25) is 0 Å². The summed E-state index contributed by atoms with van der Waals surface area (Å²) >= 11 is 5.59. The number of alkyl halides is 1. The molecular weight excluding hydrogens is 333 g/mol. The first-order valence-corrected chi connectivity index (χ1v) is 7.57. The molecule has 0 aromatic rings. The molecule has 0 spiro atoms. The summed E-state index contributed by atoms with van der Waals surface area (Å²) < 4.78 is 4.95. The van der Waals surface area contributed by atoms with Gasteiger partial charge in [0.15, 0.2) is 0 Å². The van der Waals surface area contributed by atoms with Crippen molar-refractivity contribution in [3.8, 4) is 0 Å². The maximum absolute atomic E-state index is 9.56. The molecule has 7 nitrogen and oxygen atoms in total. The minimum Gasteiger partial charge on any atom is -0.414 e. The van der Waals surface area contributed by atoms with Crippen LogP contribution in [0.4, 0.5) is 0 Å². The number of aliphatic hydroxyl groups is 1. The standard InChI is InChI=1S/C13H28ClN3O4.ClH.H2/c1-12(4-3-9-20-2)21-16-6-8-17(7-5-15-19)11-13(18)10-14;;/h13,15-16,18-19H,1,3-11H2,2H3;2*1H. The molecule has 22 heavy (non-hydrogen) atoms. The molecule has 0 aliphatic heterocycles. The summed E-state index contributed by atoms with van der Waals surface area (Å²) in [4.78, 5) is 7.27. The lowest BCUT2D eigenvalue weighted by atomic mass is 10.3. The topological polar surface area (TPSA) is 86.2 Å². The lowest BCUT2D eigenvalue weighted by Crippen LogP contribution is -2.41. The second-order valence-corrected chi connectivity index (χ2v) is 4.96. The molecule has 0 fully saturated rings. The number of halogens is 2. The number of ether oxygens (including phenoxy) is 1. The summed E-state index contributed by atoms with van der Waals surface area (Å²) in [7, 11) is 1.66. The molecule has 0 amide bonds. The van der Waals surface area contributed by atoms with Crippen LogP contribution in [0.25, 0.3) is 0 Å². The van der Waals surface area contributed by atoms with Crippen molar-refractivity contribution in [3.63, 3.8) is 0 Å². The van der Waals surface area contributed by atoms with Gasteiger partial charge in [0, 0.05) is 60.2 Å². The van der Waals surface area contributed by atoms with Crippen LogP contribution in [0, 0.1) is 0 Å². The van der Waals surface area contributed by atoms with Gasteiger partial charge in [0.25, 0.3) is 0 Å². The van der Waals surface area contributed by atoms with Gasteiger partial charge in [-0.3, -0.25) is 4.90 Å². The van der Waals surface area contributed by atoms with Crippen molar-refractivity contribution in [1.29, 1.82) is 0 Å². The van der Waals surface area contributed by atoms with E-state index in [2.05, 4.69) is 17.5 Å². The van der Waals surface area contributed by atoms with E-state index in [-0.39, 0.29) is 19.7 Å². The largest absolute Gasteiger partial charge is 0.414 e. The number of hydroxylamine groups is 2. The fourth-order valence-corrected chi connectivity index (χ4v) is 1.77. The molecule has 1 atom stereocenters. The number of hydrogen-bond acceptors (Lipinski definition) is 7. The van der Waals surface area contributed by atoms with Gasteiger partial charge in [-0.25, -0.2) is 5.48 Å². The average molecular weight is 364 g/mol. The van der Waals surface area contributed by atoms with Gasteiger partial charge in [0.05, 0.1) is 6.10 Å². The van der Waals surface area contributed by atoms with E-state index in [0.717, 1.165) is 12.8 Å². The maximum Gasteiger partial charge on any atom is 0.117 e. The third-order valence-electron chi connectivity index (χ3n) is 2.74. The highest BCUT2D eigenvalue weighted by Crippen LogP contribution is 2.02. The van der Waals surface area contributed by atoms with Gasteiger partial charge >= 0.3 is 0 Å². The third-order valence-corrected chi connectivity index (χ3v) is 3.09. The Labute approximate surface area is 145 Å². The van der Waals surface area contributed by atoms with E-state index in [1.165, 1.54) is 0 Å². The highest BCUT2D eigenvalue weighted by Gasteiger charge is 2.10. The summed E-state index contributed by atoms with van der Waals surface area (Å²) in [6.45, 7) is 7.17. The van der Waals surface area contributed by atoms with Gasteiger partial charge < -0.3 is 19.9 Å². The summed E-state index contributed by atoms with van der Waals surface area (Å²) in [5.41, 5.74) is 4.92. The monoisotopic (exact) mass is 363 g/mol. The van der Waals surface area contributed by atoms with E-state index in [1.54, 1.807) is 7.11 Å². The van der Waals surface area contributed by atoms with Gasteiger partial charge in [0.1, 0.15) is 5.76 Å². The zero-order chi connectivity index (χ0) is 15.9. The molecule has 0 heterocycles. The van der Waals surface area contributed by atoms with E-state index in [9.17, 15) is 5.11 Å². The smallest absolute Gasteiger partial charge is 0.117 e. The Hall–Kier alpha value is -0.120. The molecule has 0 aromatic carbocycles. The van der Waals surface area contributed by atoms with Gasteiger partial charge in [-0.1, -0.05) is 6.58 Å². The first-order chi connectivity index (χ1) is 10.1. The first kappa shape index (κ1) is 24.1. The Balaban J connectivity index is -0.00000200. The van der Waals surface area contributed by atoms with Crippen molar-refractivity contribution < 1.29 is 21.3 Å². The van der Waals surface area contributed by atoms with Crippen molar-refractivity contribution in [2.45, 2.75) is 18.9 Å². The van der Waals surface area contributed by atoms with E-state index in [1.807, 2.05) is 4.90 Å². The predicted octanol–water partition coefficient (Wildman–Crippen LogP) is 0.996. The minimum absolute atomic E-state index is 0. The van der Waals surface area contributed by atoms with Gasteiger partial charge in [0.2, 0.25) is 0 Å². The number of allylic oxidation sites excluding steroid dienone is 1. The molecule has 4 N–H and O–H groups in total. The lowest BCUT2D eigenvalue weighted by Gasteiger charge is -2.24. The summed E-state index contributed by atoms with van der Waals surface area (Å²) in [5.74, 6) is 0.847. The zero-order valence-electron chi connectivity index (χ0n) is 13.1. The maximum atomic E-state index is 9.56. The number of rotatable bonds is 15. The molecule has 1 unspecified atom stereocenters. The van der Waals surface area contributed by atoms with Gasteiger partial charge in [-0.05, 0) is 6.42 Å². The predicted molar refractivity (Wildman–Crippen MR) is 91.7 cm³/mol. The van der Waals surface area contributed by atoms with E-state index < -0.39 is 6.10 Å². The SMILES string of the molecule is C=C(CCCOC)ONCCN(CCNO)CC(O)CCl.Cl.[HH]. The molecule has 0 saturated carbocycles. The van der Waals surface area contributed by atoms with Crippen molar-refractivity contribution >= 4 is 24.0 Å². The Morgan fingerprint density at radius 3 is 2.68 bits per heavy atom. The van der Waals surface area contributed by atoms with Gasteiger partial charge in [-0.2, -0.15) is 5.48 Å². The van der Waals surface area contributed by atoms with E-state index in [0.29, 0.717) is 45.1 Å². The molecule has 136 valence electrons. The fourth-order valence-electron chi connectivity index (χ4n) is 1.67. The van der Waals surface area contributed by atoms with Crippen LogP contribution >= 0.6 is 24.0 Å². The molecule has 0 aliphatic rings. The Kier molecular flexibility index (Phi) is 18.9. The quantitative estimate of drug-likeness (QED) is 0.149. The van der Waals surface area contributed by atoms with E-state index >= 15 is 0 Å². The highest BCUT2D eigenvalue weighted by atomic mass is 35.5. The Morgan fingerprint density at radius 1 is 1.41 bits per heavy atom. The number of methoxy groups -OCH3 is 1. The van der Waals surface area contributed by atoms with Crippen molar-refractivity contribution in [3.05, 3.63) is 12.3 Å². The van der Waals surface area contributed by atoms with E-state index in [4.69, 9.17) is 26.4 Å². The molecular formula is C13H31Cl2N3O4. The lowest BCUT2D eigenvalue weighted by molar-refractivity contribution is 0.0716. The zero-order valence-corrected chi connectivity index (χ0v) is 14.7. The number of hydrogen-bond donors (Lipinski definition) is 4. The van der Waals surface area contributed by atoms with Crippen LogP contribution in [-0.4, -0.2) is 73.6 Å². The van der Waals surface area contributed by atoms with Crippen molar-refractivity contribution in [1.82, 2.24) is 15.9 Å². The fraction of sp³-hybridized carbons (Fsp3) is 0.846. The number of aliphatic hydroxyl groups excluding tert-OH is 1. The van der Waals surface area contributed by atoms with Crippen molar-refractivity contribution in [2.75, 3.05) is 52.3 Å². The first-order valence-electron chi connectivity index (χ1n) is 7.03.